The first-order valence-corrected chi connectivity index (χ1v) is 13.9. The maximum atomic E-state index is 11.5. The summed E-state index contributed by atoms with van der Waals surface area (Å²) in [6.45, 7) is 5.90. The predicted molar refractivity (Wildman–Crippen MR) is 153 cm³/mol. The summed E-state index contributed by atoms with van der Waals surface area (Å²) in [5.74, 6) is 1.19. The van der Waals surface area contributed by atoms with Crippen molar-refractivity contribution in [3.05, 3.63) is 60.0 Å². The molecule has 4 aromatic rings. The van der Waals surface area contributed by atoms with Gasteiger partial charge in [0.15, 0.2) is 0 Å². The lowest BCUT2D eigenvalue weighted by Crippen LogP contribution is -2.46. The molecule has 1 aliphatic rings. The zero-order valence-corrected chi connectivity index (χ0v) is 22.8. The topological polar surface area (TPSA) is 67.4 Å². The Kier molecular flexibility index (Phi) is 8.45. The number of ether oxygens (including phenoxy) is 3. The van der Waals surface area contributed by atoms with Crippen molar-refractivity contribution in [3.8, 4) is 11.6 Å². The van der Waals surface area contributed by atoms with Crippen LogP contribution in [-0.2, 0) is 4.74 Å². The molecule has 3 heterocycles. The maximum absolute atomic E-state index is 11.5. The van der Waals surface area contributed by atoms with Crippen LogP contribution in [0.15, 0.2) is 60.0 Å². The molecule has 0 unspecified atom stereocenters. The fourth-order valence-corrected chi connectivity index (χ4v) is 5.42. The van der Waals surface area contributed by atoms with Crippen molar-refractivity contribution >= 4 is 44.1 Å². The van der Waals surface area contributed by atoms with E-state index in [1.807, 2.05) is 35.6 Å². The van der Waals surface area contributed by atoms with E-state index in [4.69, 9.17) is 14.2 Å². The third-order valence-electron chi connectivity index (χ3n) is 6.72. The molecular weight excluding hydrogens is 500 g/mol. The number of carbonyl (C=O) groups is 1. The third kappa shape index (κ3) is 6.46. The minimum Gasteiger partial charge on any atom is -0.494 e. The van der Waals surface area contributed by atoms with Gasteiger partial charge >= 0.3 is 6.09 Å². The molecule has 200 valence electrons. The van der Waals surface area contributed by atoms with E-state index in [-0.39, 0.29) is 6.79 Å². The summed E-state index contributed by atoms with van der Waals surface area (Å²) in [6, 6.07) is 18.4. The van der Waals surface area contributed by atoms with Gasteiger partial charge in [-0.3, -0.25) is 4.90 Å². The van der Waals surface area contributed by atoms with Crippen molar-refractivity contribution in [2.75, 3.05) is 65.1 Å². The lowest BCUT2D eigenvalue weighted by molar-refractivity contribution is 0.0411. The Morgan fingerprint density at radius 2 is 1.84 bits per heavy atom. The van der Waals surface area contributed by atoms with Crippen LogP contribution in [0.2, 0.25) is 0 Å². The second kappa shape index (κ2) is 12.3. The zero-order valence-electron chi connectivity index (χ0n) is 22.0. The molecule has 1 amide bonds. The molecule has 0 bridgehead atoms. The van der Waals surface area contributed by atoms with Gasteiger partial charge in [-0.2, -0.15) is 0 Å². The summed E-state index contributed by atoms with van der Waals surface area (Å²) in [5, 5.41) is 4.55. The van der Waals surface area contributed by atoms with Crippen LogP contribution in [0.3, 0.4) is 0 Å². The van der Waals surface area contributed by atoms with Crippen molar-refractivity contribution in [3.63, 3.8) is 0 Å². The molecule has 1 aliphatic heterocycles. The number of fused-ring (bicyclic) bond motifs is 2. The fraction of sp³-hybridized carbons (Fsp3) is 0.379. The molecule has 2 aromatic heterocycles. The van der Waals surface area contributed by atoms with Crippen LogP contribution in [0, 0.1) is 0 Å². The number of hydrogen-bond acceptors (Lipinski definition) is 8. The molecule has 0 saturated carbocycles. The predicted octanol–water partition coefficient (Wildman–Crippen LogP) is 5.47. The average Bonchev–Trinajstić information content (AvgIpc) is 3.42. The van der Waals surface area contributed by atoms with Gasteiger partial charge in [0.1, 0.15) is 5.75 Å². The molecular formula is C29H34N4O4S. The molecule has 1 saturated heterocycles. The van der Waals surface area contributed by atoms with Gasteiger partial charge in [0.05, 0.1) is 12.1 Å². The SMILES string of the molecule is CN(C)C(=O)OCOc1ccc2ccc(OCCCCN3CCN(c4cccc5sccc45)CC3)cc2n1. The first-order valence-electron chi connectivity index (χ1n) is 13.0. The highest BCUT2D eigenvalue weighted by molar-refractivity contribution is 7.17. The van der Waals surface area contributed by atoms with Gasteiger partial charge in [0.2, 0.25) is 12.7 Å². The van der Waals surface area contributed by atoms with E-state index in [9.17, 15) is 4.79 Å². The minimum absolute atomic E-state index is 0.189. The molecule has 5 rings (SSSR count). The molecule has 9 heteroatoms. The van der Waals surface area contributed by atoms with E-state index in [0.29, 0.717) is 12.5 Å². The second-order valence-corrected chi connectivity index (χ2v) is 10.5. The number of benzene rings is 2. The average molecular weight is 535 g/mol. The van der Waals surface area contributed by atoms with E-state index >= 15 is 0 Å². The van der Waals surface area contributed by atoms with Crippen LogP contribution in [0.1, 0.15) is 12.8 Å². The van der Waals surface area contributed by atoms with Crippen LogP contribution in [0.25, 0.3) is 21.0 Å². The largest absolute Gasteiger partial charge is 0.494 e. The van der Waals surface area contributed by atoms with Crippen molar-refractivity contribution < 1.29 is 19.0 Å². The van der Waals surface area contributed by atoms with Crippen molar-refractivity contribution in [2.45, 2.75) is 12.8 Å². The molecule has 8 nitrogen and oxygen atoms in total. The summed E-state index contributed by atoms with van der Waals surface area (Å²) in [4.78, 5) is 22.4. The highest BCUT2D eigenvalue weighted by Crippen LogP contribution is 2.31. The van der Waals surface area contributed by atoms with Gasteiger partial charge in [0.25, 0.3) is 0 Å². The standard InChI is InChI=1S/C29H34N4O4S/c1-31(2)29(34)37-21-36-28-11-9-22-8-10-23(20-25(22)30-28)35-18-4-3-13-32-14-16-33(17-15-32)26-6-5-7-27-24(26)12-19-38-27/h5-12,19-20H,3-4,13-18,21H2,1-2H3. The summed E-state index contributed by atoms with van der Waals surface area (Å²) >= 11 is 1.81. The third-order valence-corrected chi connectivity index (χ3v) is 7.60. The van der Waals surface area contributed by atoms with E-state index in [0.717, 1.165) is 62.2 Å². The number of rotatable bonds is 10. The summed E-state index contributed by atoms with van der Waals surface area (Å²) in [7, 11) is 3.24. The van der Waals surface area contributed by atoms with Gasteiger partial charge in [-0.1, -0.05) is 6.07 Å². The van der Waals surface area contributed by atoms with Crippen LogP contribution in [0.4, 0.5) is 10.5 Å². The summed E-state index contributed by atoms with van der Waals surface area (Å²) in [5.41, 5.74) is 2.14. The highest BCUT2D eigenvalue weighted by atomic mass is 32.1. The van der Waals surface area contributed by atoms with Crippen LogP contribution >= 0.6 is 11.3 Å². The number of pyridine rings is 1. The zero-order chi connectivity index (χ0) is 26.3. The Labute approximate surface area is 227 Å². The quantitative estimate of drug-likeness (QED) is 0.198. The lowest BCUT2D eigenvalue weighted by Gasteiger charge is -2.36. The monoisotopic (exact) mass is 534 g/mol. The Hall–Kier alpha value is -3.56. The van der Waals surface area contributed by atoms with Gasteiger partial charge in [0, 0.05) is 73.6 Å². The maximum Gasteiger partial charge on any atom is 0.412 e. The van der Waals surface area contributed by atoms with Crippen molar-refractivity contribution in [1.82, 2.24) is 14.8 Å². The first kappa shape index (κ1) is 26.1. The number of piperazine rings is 1. The molecule has 38 heavy (non-hydrogen) atoms. The van der Waals surface area contributed by atoms with E-state index < -0.39 is 6.09 Å². The minimum atomic E-state index is -0.462. The number of amides is 1. The number of thiophene rings is 1. The fourth-order valence-electron chi connectivity index (χ4n) is 4.61. The van der Waals surface area contributed by atoms with Crippen LogP contribution in [-0.4, -0.2) is 81.1 Å². The van der Waals surface area contributed by atoms with E-state index in [1.165, 1.54) is 20.7 Å². The Bertz CT molecular complexity index is 1370. The van der Waals surface area contributed by atoms with Gasteiger partial charge in [-0.25, -0.2) is 9.78 Å². The van der Waals surface area contributed by atoms with Crippen molar-refractivity contribution in [1.29, 1.82) is 0 Å². The number of nitrogens with zero attached hydrogens (tertiary/aromatic N) is 4. The Morgan fingerprint density at radius 3 is 2.68 bits per heavy atom. The van der Waals surface area contributed by atoms with Gasteiger partial charge in [-0.15, -0.1) is 11.3 Å². The second-order valence-electron chi connectivity index (χ2n) is 9.56. The van der Waals surface area contributed by atoms with Crippen LogP contribution in [0.5, 0.6) is 11.6 Å². The number of unbranched alkanes of at least 4 members (excludes halogenated alkanes) is 1. The normalized spacial score (nSPS) is 14.1. The first-order chi connectivity index (χ1) is 18.6. The molecule has 2 aromatic carbocycles. The summed E-state index contributed by atoms with van der Waals surface area (Å²) in [6.07, 6.45) is 1.64. The Morgan fingerprint density at radius 1 is 1.00 bits per heavy atom. The highest BCUT2D eigenvalue weighted by Gasteiger charge is 2.18. The van der Waals surface area contributed by atoms with E-state index in [2.05, 4.69) is 44.4 Å². The Balaban J connectivity index is 1.03. The number of carbonyl (C=O) groups excluding carboxylic acids is 1. The van der Waals surface area contributed by atoms with Crippen molar-refractivity contribution in [2.24, 2.45) is 0 Å². The molecule has 0 atom stereocenters. The molecule has 0 aliphatic carbocycles. The smallest absolute Gasteiger partial charge is 0.412 e. The summed E-state index contributed by atoms with van der Waals surface area (Å²) < 4.78 is 17.8. The molecule has 0 radical (unpaired) electrons. The molecule has 0 N–H and O–H groups in total. The number of anilines is 1. The van der Waals surface area contributed by atoms with Crippen LogP contribution < -0.4 is 14.4 Å². The van der Waals surface area contributed by atoms with E-state index in [1.54, 1.807) is 20.2 Å². The lowest BCUT2D eigenvalue weighted by atomic mass is 10.2. The number of aromatic nitrogens is 1. The number of hydrogen-bond donors (Lipinski definition) is 0. The van der Waals surface area contributed by atoms with Gasteiger partial charge in [-0.05, 0) is 61.2 Å². The van der Waals surface area contributed by atoms with Gasteiger partial charge < -0.3 is 24.0 Å². The molecule has 0 spiro atoms. The molecule has 1 fully saturated rings.